The van der Waals surface area contributed by atoms with E-state index in [-0.39, 0.29) is 12.3 Å². The van der Waals surface area contributed by atoms with E-state index in [2.05, 4.69) is 45.3 Å². The Kier molecular flexibility index (Phi) is 6.54. The van der Waals surface area contributed by atoms with Crippen molar-refractivity contribution in [3.8, 4) is 11.5 Å². The molecule has 0 radical (unpaired) electrons. The monoisotopic (exact) mass is 492 g/mol. The first kappa shape index (κ1) is 23.3. The van der Waals surface area contributed by atoms with Crippen LogP contribution in [-0.2, 0) is 4.74 Å². The maximum atomic E-state index is 13.1. The summed E-state index contributed by atoms with van der Waals surface area (Å²) < 4.78 is 7.83. The number of benzene rings is 1. The first-order valence-electron chi connectivity index (χ1n) is 13.3. The number of ether oxygens (including phenoxy) is 1. The predicted octanol–water partition coefficient (Wildman–Crippen LogP) is 3.90. The molecule has 1 atom stereocenters. The number of piperidine rings is 1. The van der Waals surface area contributed by atoms with E-state index in [9.17, 15) is 4.79 Å². The number of carbonyl (C=O) groups excluding carboxylic acids is 1. The fourth-order valence-corrected chi connectivity index (χ4v) is 5.40. The number of nitrogens with zero attached hydrogens (tertiary/aromatic N) is 6. The average molecular weight is 493 g/mol. The molecule has 10 nitrogen and oxygen atoms in total. The Bertz CT molecular complexity index is 1200. The van der Waals surface area contributed by atoms with E-state index in [0.717, 1.165) is 89.0 Å². The van der Waals surface area contributed by atoms with Crippen molar-refractivity contribution in [2.24, 2.45) is 0 Å². The summed E-state index contributed by atoms with van der Waals surface area (Å²) in [7, 11) is 2.17. The van der Waals surface area contributed by atoms with Gasteiger partial charge in [0.15, 0.2) is 11.5 Å². The topological polar surface area (TPSA) is 94.6 Å². The number of H-pyrrole nitrogens is 1. The Morgan fingerprint density at radius 2 is 1.89 bits per heavy atom. The second kappa shape index (κ2) is 10.1. The number of carbonyl (C=O) groups is 1. The van der Waals surface area contributed by atoms with Crippen LogP contribution in [-0.4, -0.2) is 88.5 Å². The first-order chi connectivity index (χ1) is 17.6. The normalized spacial score (nSPS) is 21.8. The lowest BCUT2D eigenvalue weighted by Gasteiger charge is -2.34. The van der Waals surface area contributed by atoms with E-state index in [4.69, 9.17) is 14.8 Å². The van der Waals surface area contributed by atoms with Crippen LogP contribution < -0.4 is 10.2 Å². The minimum Gasteiger partial charge on any atom is -0.369 e. The van der Waals surface area contributed by atoms with Gasteiger partial charge < -0.3 is 29.7 Å². The van der Waals surface area contributed by atoms with Gasteiger partial charge in [-0.2, -0.15) is 5.10 Å². The van der Waals surface area contributed by atoms with E-state index in [1.54, 1.807) is 0 Å². The van der Waals surface area contributed by atoms with E-state index >= 15 is 0 Å². The predicted molar refractivity (Wildman–Crippen MR) is 140 cm³/mol. The number of amides is 2. The van der Waals surface area contributed by atoms with Gasteiger partial charge >= 0.3 is 6.03 Å². The van der Waals surface area contributed by atoms with E-state index in [1.165, 1.54) is 12.1 Å². The van der Waals surface area contributed by atoms with Gasteiger partial charge in [-0.3, -0.25) is 0 Å². The van der Waals surface area contributed by atoms with Crippen LogP contribution in [0.4, 0.5) is 16.2 Å². The number of imidazole rings is 1. The number of urea groups is 1. The summed E-state index contributed by atoms with van der Waals surface area (Å²) in [6, 6.07) is 6.31. The maximum Gasteiger partial charge on any atom is 0.321 e. The minimum absolute atomic E-state index is 0.0754. The Morgan fingerprint density at radius 3 is 2.67 bits per heavy atom. The van der Waals surface area contributed by atoms with Crippen LogP contribution in [0.25, 0.3) is 22.6 Å². The molecular formula is C26H36N8O2. The van der Waals surface area contributed by atoms with Gasteiger partial charge in [0.2, 0.25) is 0 Å². The molecule has 2 amide bonds. The number of hydrogen-bond acceptors (Lipinski definition) is 6. The van der Waals surface area contributed by atoms with Crippen molar-refractivity contribution in [1.29, 1.82) is 0 Å². The summed E-state index contributed by atoms with van der Waals surface area (Å²) in [4.78, 5) is 28.1. The Morgan fingerprint density at radius 1 is 1.06 bits per heavy atom. The molecule has 10 heteroatoms. The van der Waals surface area contributed by atoms with Gasteiger partial charge in [0, 0.05) is 51.6 Å². The summed E-state index contributed by atoms with van der Waals surface area (Å²) in [5.41, 5.74) is 4.37. The SMILES string of the molecule is CN1CCN(c2ccc3nc(-c4nn(C5CCCCO5)cc4NC(=O)N4CCCCC4)[nH]c3c2)CC1. The highest BCUT2D eigenvalue weighted by Crippen LogP contribution is 2.32. The van der Waals surface area contributed by atoms with Crippen LogP contribution in [0.5, 0.6) is 0 Å². The lowest BCUT2D eigenvalue weighted by atomic mass is 10.1. The lowest BCUT2D eigenvalue weighted by molar-refractivity contribution is -0.0393. The summed E-state index contributed by atoms with van der Waals surface area (Å²) in [6.07, 6.45) is 8.15. The Hall–Kier alpha value is -3.11. The molecule has 192 valence electrons. The van der Waals surface area contributed by atoms with Gasteiger partial charge in [-0.1, -0.05) is 0 Å². The third kappa shape index (κ3) is 4.79. The maximum absolute atomic E-state index is 13.1. The average Bonchev–Trinajstić information content (AvgIpc) is 3.54. The fraction of sp³-hybridized carbons (Fsp3) is 0.577. The lowest BCUT2D eigenvalue weighted by Crippen LogP contribution is -2.44. The molecule has 5 heterocycles. The van der Waals surface area contributed by atoms with Gasteiger partial charge in [0.05, 0.1) is 22.9 Å². The van der Waals surface area contributed by atoms with Gasteiger partial charge in [-0.05, 0) is 63.8 Å². The van der Waals surface area contributed by atoms with Gasteiger partial charge in [0.1, 0.15) is 6.23 Å². The summed E-state index contributed by atoms with van der Waals surface area (Å²) in [5, 5.41) is 7.99. The molecule has 3 aromatic rings. The number of likely N-dealkylation sites (N-methyl/N-ethyl adjacent to an activating group) is 1. The van der Waals surface area contributed by atoms with Crippen LogP contribution in [0.3, 0.4) is 0 Å². The number of nitrogens with one attached hydrogen (secondary N) is 2. The van der Waals surface area contributed by atoms with Gasteiger partial charge in [-0.25, -0.2) is 14.5 Å². The van der Waals surface area contributed by atoms with Crippen molar-refractivity contribution in [2.75, 3.05) is 63.1 Å². The molecule has 3 fully saturated rings. The zero-order valence-corrected chi connectivity index (χ0v) is 21.1. The number of aromatic nitrogens is 4. The fourth-order valence-electron chi connectivity index (χ4n) is 5.40. The molecule has 3 saturated heterocycles. The molecular weight excluding hydrogens is 456 g/mol. The molecule has 6 rings (SSSR count). The molecule has 0 aliphatic carbocycles. The van der Waals surface area contributed by atoms with Crippen molar-refractivity contribution in [3.63, 3.8) is 0 Å². The van der Waals surface area contributed by atoms with E-state index in [1.807, 2.05) is 15.8 Å². The van der Waals surface area contributed by atoms with Gasteiger partial charge in [-0.15, -0.1) is 0 Å². The molecule has 3 aliphatic heterocycles. The zero-order chi connectivity index (χ0) is 24.5. The third-order valence-electron chi connectivity index (χ3n) is 7.63. The highest BCUT2D eigenvalue weighted by Gasteiger charge is 2.25. The summed E-state index contributed by atoms with van der Waals surface area (Å²) in [5.74, 6) is 0.657. The number of piperazine rings is 1. The molecule has 0 bridgehead atoms. The minimum atomic E-state index is -0.119. The second-order valence-corrected chi connectivity index (χ2v) is 10.2. The van der Waals surface area contributed by atoms with Crippen molar-refractivity contribution >= 4 is 28.4 Å². The highest BCUT2D eigenvalue weighted by atomic mass is 16.5. The van der Waals surface area contributed by atoms with E-state index in [0.29, 0.717) is 17.2 Å². The zero-order valence-electron chi connectivity index (χ0n) is 21.1. The van der Waals surface area contributed by atoms with Crippen molar-refractivity contribution < 1.29 is 9.53 Å². The van der Waals surface area contributed by atoms with Gasteiger partial charge in [0.25, 0.3) is 0 Å². The number of anilines is 2. The number of hydrogen-bond donors (Lipinski definition) is 2. The highest BCUT2D eigenvalue weighted by molar-refractivity contribution is 5.93. The van der Waals surface area contributed by atoms with Crippen LogP contribution in [0.15, 0.2) is 24.4 Å². The second-order valence-electron chi connectivity index (χ2n) is 10.2. The van der Waals surface area contributed by atoms with Crippen molar-refractivity contribution in [2.45, 2.75) is 44.8 Å². The molecule has 36 heavy (non-hydrogen) atoms. The largest absolute Gasteiger partial charge is 0.369 e. The molecule has 0 saturated carbocycles. The van der Waals surface area contributed by atoms with E-state index < -0.39 is 0 Å². The first-order valence-corrected chi connectivity index (χ1v) is 13.3. The molecule has 2 aromatic heterocycles. The van der Waals surface area contributed by atoms with Crippen LogP contribution >= 0.6 is 0 Å². The Balaban J connectivity index is 1.30. The summed E-state index contributed by atoms with van der Waals surface area (Å²) >= 11 is 0. The molecule has 0 spiro atoms. The summed E-state index contributed by atoms with van der Waals surface area (Å²) in [6.45, 7) is 6.47. The van der Waals surface area contributed by atoms with Crippen LogP contribution in [0.2, 0.25) is 0 Å². The van der Waals surface area contributed by atoms with Crippen molar-refractivity contribution in [1.82, 2.24) is 29.5 Å². The third-order valence-corrected chi connectivity index (χ3v) is 7.63. The molecule has 3 aliphatic rings. The molecule has 1 aromatic carbocycles. The number of aromatic amines is 1. The van der Waals surface area contributed by atoms with Crippen LogP contribution in [0, 0.1) is 0 Å². The number of likely N-dealkylation sites (tertiary alicyclic amines) is 1. The number of fused-ring (bicyclic) bond motifs is 1. The Labute approximate surface area is 211 Å². The smallest absolute Gasteiger partial charge is 0.321 e. The van der Waals surface area contributed by atoms with Crippen molar-refractivity contribution in [3.05, 3.63) is 24.4 Å². The molecule has 1 unspecified atom stereocenters. The quantitative estimate of drug-likeness (QED) is 0.574. The standard InChI is InChI=1S/C26H36N8O2/c1-31-12-14-32(15-13-31)19-8-9-20-21(17-19)28-25(27-20)24-22(29-26(35)33-10-4-2-5-11-33)18-34(30-24)23-7-3-6-16-36-23/h8-9,17-18,23H,2-7,10-16H2,1H3,(H,27,28)(H,29,35). The van der Waals surface area contributed by atoms with Crippen LogP contribution in [0.1, 0.15) is 44.8 Å². The number of rotatable bonds is 4. The molecule has 2 N–H and O–H groups in total.